The Kier molecular flexibility index (Phi) is 3.77. The fourth-order valence-electron chi connectivity index (χ4n) is 3.51. The van der Waals surface area contributed by atoms with E-state index in [1.54, 1.807) is 10.9 Å². The minimum absolute atomic E-state index is 0.215. The minimum Gasteiger partial charge on any atom is -0.386 e. The van der Waals surface area contributed by atoms with Crippen molar-refractivity contribution < 1.29 is 9.90 Å². The van der Waals surface area contributed by atoms with Crippen LogP contribution in [0.4, 0.5) is 0 Å². The van der Waals surface area contributed by atoms with E-state index < -0.39 is 6.10 Å². The molecule has 2 heterocycles. The Morgan fingerprint density at radius 3 is 2.96 bits per heavy atom. The number of carbonyl (C=O) groups excluding carboxylic acids is 1. The van der Waals surface area contributed by atoms with Crippen molar-refractivity contribution in [3.05, 3.63) is 58.9 Å². The molecule has 2 atom stereocenters. The molecule has 0 bridgehead atoms. The van der Waals surface area contributed by atoms with E-state index in [0.717, 1.165) is 28.7 Å². The van der Waals surface area contributed by atoms with Crippen LogP contribution >= 0.6 is 0 Å². The van der Waals surface area contributed by atoms with Crippen molar-refractivity contribution in [1.82, 2.24) is 20.1 Å². The molecule has 0 saturated carbocycles. The Balaban J connectivity index is 1.60. The highest BCUT2D eigenvalue weighted by Gasteiger charge is 2.32. The number of aliphatic hydroxyl groups excluding tert-OH is 1. The summed E-state index contributed by atoms with van der Waals surface area (Å²) >= 11 is 0. The van der Waals surface area contributed by atoms with Crippen LogP contribution in [0.25, 0.3) is 11.0 Å². The van der Waals surface area contributed by atoms with E-state index in [2.05, 4.69) is 15.4 Å². The third kappa shape index (κ3) is 2.59. The summed E-state index contributed by atoms with van der Waals surface area (Å²) in [5.74, 6) is -0.215. The lowest BCUT2D eigenvalue weighted by molar-refractivity contribution is 0.0857. The third-order valence-corrected chi connectivity index (χ3v) is 4.86. The molecule has 6 nitrogen and oxygen atoms in total. The van der Waals surface area contributed by atoms with Crippen molar-refractivity contribution in [1.29, 1.82) is 0 Å². The van der Waals surface area contributed by atoms with Crippen LogP contribution in [0.2, 0.25) is 0 Å². The number of nitrogens with zero attached hydrogens (tertiary/aromatic N) is 3. The van der Waals surface area contributed by atoms with E-state index in [4.69, 9.17) is 0 Å². The van der Waals surface area contributed by atoms with Crippen molar-refractivity contribution >= 4 is 16.9 Å². The minimum atomic E-state index is -0.681. The van der Waals surface area contributed by atoms with Crippen molar-refractivity contribution in [2.75, 3.05) is 0 Å². The van der Waals surface area contributed by atoms with Gasteiger partial charge in [-0.15, -0.1) is 0 Å². The van der Waals surface area contributed by atoms with Crippen molar-refractivity contribution in [2.45, 2.75) is 39.0 Å². The van der Waals surface area contributed by atoms with Crippen molar-refractivity contribution in [2.24, 2.45) is 0 Å². The summed E-state index contributed by atoms with van der Waals surface area (Å²) in [5.41, 5.74) is 3.93. The molecule has 0 aliphatic heterocycles. The van der Waals surface area contributed by atoms with Gasteiger partial charge in [0.1, 0.15) is 0 Å². The van der Waals surface area contributed by atoms with Gasteiger partial charge in [0.05, 0.1) is 29.6 Å². The number of fused-ring (bicyclic) bond motifs is 2. The van der Waals surface area contributed by atoms with Gasteiger partial charge in [-0.05, 0) is 37.5 Å². The van der Waals surface area contributed by atoms with Gasteiger partial charge in [-0.25, -0.2) is 9.67 Å². The van der Waals surface area contributed by atoms with Crippen LogP contribution < -0.4 is 5.32 Å². The second-order valence-electron chi connectivity index (χ2n) is 6.42. The predicted molar refractivity (Wildman–Crippen MR) is 94.3 cm³/mol. The smallest absolute Gasteiger partial charge is 0.253 e. The fraction of sp³-hybridized carbons (Fsp3) is 0.316. The van der Waals surface area contributed by atoms with Gasteiger partial charge in [0, 0.05) is 11.9 Å². The number of pyridine rings is 1. The van der Waals surface area contributed by atoms with Gasteiger partial charge in [0.15, 0.2) is 5.65 Å². The molecular weight excluding hydrogens is 316 g/mol. The molecule has 4 rings (SSSR count). The van der Waals surface area contributed by atoms with Gasteiger partial charge in [0.25, 0.3) is 5.91 Å². The molecular formula is C19H20N4O2. The summed E-state index contributed by atoms with van der Waals surface area (Å²) in [6, 6.07) is 9.24. The highest BCUT2D eigenvalue weighted by Crippen LogP contribution is 2.31. The third-order valence-electron chi connectivity index (χ3n) is 4.86. The molecule has 0 saturated heterocycles. The number of hydrogen-bond acceptors (Lipinski definition) is 4. The molecule has 1 amide bonds. The molecule has 1 aliphatic carbocycles. The summed E-state index contributed by atoms with van der Waals surface area (Å²) in [7, 11) is 0. The van der Waals surface area contributed by atoms with Gasteiger partial charge in [0.2, 0.25) is 0 Å². The first kappa shape index (κ1) is 15.8. The fourth-order valence-corrected chi connectivity index (χ4v) is 3.51. The molecule has 2 aromatic heterocycles. The molecule has 1 aromatic carbocycles. The van der Waals surface area contributed by atoms with E-state index in [0.29, 0.717) is 17.7 Å². The molecule has 0 spiro atoms. The molecule has 6 heteroatoms. The quantitative estimate of drug-likeness (QED) is 0.768. The molecule has 2 N–H and O–H groups in total. The number of aryl methyl sites for hydroxylation is 2. The summed E-state index contributed by atoms with van der Waals surface area (Å²) < 4.78 is 1.81. The average Bonchev–Trinajstić information content (AvgIpc) is 3.15. The van der Waals surface area contributed by atoms with Crippen LogP contribution in [-0.2, 0) is 13.0 Å². The van der Waals surface area contributed by atoms with Gasteiger partial charge < -0.3 is 10.4 Å². The average molecular weight is 336 g/mol. The number of hydrogen-bond donors (Lipinski definition) is 2. The lowest BCUT2D eigenvalue weighted by atomic mass is 10.1. The van der Waals surface area contributed by atoms with Crippen molar-refractivity contribution in [3.63, 3.8) is 0 Å². The van der Waals surface area contributed by atoms with Crippen LogP contribution in [0.5, 0.6) is 0 Å². The number of rotatable bonds is 3. The molecule has 0 fully saturated rings. The van der Waals surface area contributed by atoms with Crippen molar-refractivity contribution in [3.8, 4) is 0 Å². The second-order valence-corrected chi connectivity index (χ2v) is 6.42. The zero-order valence-corrected chi connectivity index (χ0v) is 14.2. The first-order chi connectivity index (χ1) is 12.1. The van der Waals surface area contributed by atoms with Gasteiger partial charge in [-0.3, -0.25) is 4.79 Å². The summed E-state index contributed by atoms with van der Waals surface area (Å²) in [4.78, 5) is 17.3. The number of carbonyl (C=O) groups is 1. The van der Waals surface area contributed by atoms with E-state index >= 15 is 0 Å². The van der Waals surface area contributed by atoms with Gasteiger partial charge >= 0.3 is 0 Å². The first-order valence-electron chi connectivity index (χ1n) is 8.48. The van der Waals surface area contributed by atoms with Gasteiger partial charge in [-0.1, -0.05) is 24.3 Å². The molecule has 0 unspecified atom stereocenters. The van der Waals surface area contributed by atoms with Crippen LogP contribution in [0.1, 0.15) is 40.2 Å². The summed E-state index contributed by atoms with van der Waals surface area (Å²) in [6.45, 7) is 4.55. The topological polar surface area (TPSA) is 80.0 Å². The molecule has 128 valence electrons. The van der Waals surface area contributed by atoms with Crippen LogP contribution in [0, 0.1) is 6.92 Å². The molecule has 25 heavy (non-hydrogen) atoms. The number of benzene rings is 1. The van der Waals surface area contributed by atoms with E-state index in [-0.39, 0.29) is 11.9 Å². The maximum absolute atomic E-state index is 12.7. The molecule has 3 aromatic rings. The maximum atomic E-state index is 12.7. The van der Waals surface area contributed by atoms with Crippen LogP contribution in [0.15, 0.2) is 36.5 Å². The molecule has 1 aliphatic rings. The highest BCUT2D eigenvalue weighted by atomic mass is 16.3. The first-order valence-corrected chi connectivity index (χ1v) is 8.48. The second kappa shape index (κ2) is 5.97. The normalized spacial score (nSPS) is 19.2. The summed E-state index contributed by atoms with van der Waals surface area (Å²) in [6.07, 6.45) is 1.67. The Bertz CT molecular complexity index is 963. The van der Waals surface area contributed by atoms with Crippen LogP contribution in [0.3, 0.4) is 0 Å². The van der Waals surface area contributed by atoms with E-state index in [9.17, 15) is 9.90 Å². The Morgan fingerprint density at radius 2 is 2.20 bits per heavy atom. The monoisotopic (exact) mass is 336 g/mol. The zero-order valence-electron chi connectivity index (χ0n) is 14.2. The largest absolute Gasteiger partial charge is 0.386 e. The number of nitrogens with one attached hydrogen (secondary N) is 1. The SMILES string of the molecule is CCn1ncc2cc(C(=O)N[C@@H]3Cc4ccccc4[C@H]3O)c(C)nc21. The van der Waals surface area contributed by atoms with Gasteiger partial charge in [-0.2, -0.15) is 5.10 Å². The Morgan fingerprint density at radius 1 is 1.40 bits per heavy atom. The Hall–Kier alpha value is -2.73. The molecule has 0 radical (unpaired) electrons. The lowest BCUT2D eigenvalue weighted by Crippen LogP contribution is -2.38. The standard InChI is InChI=1S/C19H20N4O2/c1-3-23-18-13(10-20-23)8-15(11(2)21-18)19(25)22-16-9-12-6-4-5-7-14(12)17(16)24/h4-8,10,16-17,24H,3,9H2,1-2H3,(H,22,25)/t16-,17-/m1/s1. The van der Waals surface area contributed by atoms with Crippen LogP contribution in [-0.4, -0.2) is 31.8 Å². The number of amides is 1. The lowest BCUT2D eigenvalue weighted by Gasteiger charge is -2.17. The number of aliphatic hydroxyl groups is 1. The number of aromatic nitrogens is 3. The zero-order chi connectivity index (χ0) is 17.6. The predicted octanol–water partition coefficient (Wildman–Crippen LogP) is 2.15. The van der Waals surface area contributed by atoms with E-state index in [1.165, 1.54) is 0 Å². The highest BCUT2D eigenvalue weighted by molar-refractivity contribution is 5.98. The maximum Gasteiger partial charge on any atom is 0.253 e. The van der Waals surface area contributed by atoms with E-state index in [1.807, 2.05) is 44.2 Å². The Labute approximate surface area is 145 Å². The summed E-state index contributed by atoms with van der Waals surface area (Å²) in [5, 5.41) is 18.6.